The SMILES string of the molecule is Cc1nc(C(C)(C)C)c(C(C)(C)C)c(C)c1C. The van der Waals surface area contributed by atoms with Crippen molar-refractivity contribution in [1.29, 1.82) is 0 Å². The summed E-state index contributed by atoms with van der Waals surface area (Å²) in [6.45, 7) is 20.1. The topological polar surface area (TPSA) is 12.9 Å². The van der Waals surface area contributed by atoms with Gasteiger partial charge in [-0.2, -0.15) is 0 Å². The number of nitrogens with zero attached hydrogens (tertiary/aromatic N) is 1. The first-order chi connectivity index (χ1) is 7.46. The van der Waals surface area contributed by atoms with E-state index in [0.29, 0.717) is 0 Å². The molecule has 17 heavy (non-hydrogen) atoms. The van der Waals surface area contributed by atoms with E-state index in [4.69, 9.17) is 4.98 Å². The largest absolute Gasteiger partial charge is 0.257 e. The second-order valence-corrected chi connectivity index (χ2v) is 7.17. The van der Waals surface area contributed by atoms with E-state index >= 15 is 0 Å². The van der Waals surface area contributed by atoms with Crippen molar-refractivity contribution in [3.05, 3.63) is 28.1 Å². The van der Waals surface area contributed by atoms with Crippen molar-refractivity contribution in [1.82, 2.24) is 4.98 Å². The first-order valence-electron chi connectivity index (χ1n) is 6.45. The molecule has 0 radical (unpaired) electrons. The minimum absolute atomic E-state index is 0.103. The number of aryl methyl sites for hydroxylation is 1. The lowest BCUT2D eigenvalue weighted by molar-refractivity contribution is 0.508. The molecule has 0 unspecified atom stereocenters. The molecule has 0 amide bonds. The van der Waals surface area contributed by atoms with E-state index < -0.39 is 0 Å². The van der Waals surface area contributed by atoms with Crippen LogP contribution in [0.5, 0.6) is 0 Å². The minimum atomic E-state index is 0.103. The highest BCUT2D eigenvalue weighted by atomic mass is 14.7. The van der Waals surface area contributed by atoms with Gasteiger partial charge >= 0.3 is 0 Å². The van der Waals surface area contributed by atoms with Crippen molar-refractivity contribution in [2.24, 2.45) is 0 Å². The van der Waals surface area contributed by atoms with E-state index in [2.05, 4.69) is 62.3 Å². The second kappa shape index (κ2) is 4.12. The zero-order valence-electron chi connectivity index (χ0n) is 12.9. The average molecular weight is 233 g/mol. The minimum Gasteiger partial charge on any atom is -0.257 e. The summed E-state index contributed by atoms with van der Waals surface area (Å²) in [5, 5.41) is 0. The monoisotopic (exact) mass is 233 g/mol. The maximum atomic E-state index is 4.87. The molecule has 1 rings (SSSR count). The fraction of sp³-hybridized carbons (Fsp3) is 0.688. The highest BCUT2D eigenvalue weighted by molar-refractivity contribution is 5.44. The van der Waals surface area contributed by atoms with Crippen LogP contribution in [-0.2, 0) is 10.8 Å². The molecular weight excluding hydrogens is 206 g/mol. The predicted molar refractivity (Wildman–Crippen MR) is 75.8 cm³/mol. The van der Waals surface area contributed by atoms with Crippen LogP contribution in [0.2, 0.25) is 0 Å². The van der Waals surface area contributed by atoms with Gasteiger partial charge in [0.2, 0.25) is 0 Å². The van der Waals surface area contributed by atoms with Gasteiger partial charge in [-0.25, -0.2) is 0 Å². The number of hydrogen-bond acceptors (Lipinski definition) is 1. The molecule has 1 aromatic rings. The summed E-state index contributed by atoms with van der Waals surface area (Å²) in [6, 6.07) is 0. The van der Waals surface area contributed by atoms with E-state index in [1.807, 2.05) is 0 Å². The normalized spacial score (nSPS) is 13.0. The van der Waals surface area contributed by atoms with E-state index in [1.54, 1.807) is 0 Å². The van der Waals surface area contributed by atoms with Crippen LogP contribution >= 0.6 is 0 Å². The molecule has 1 aromatic heterocycles. The van der Waals surface area contributed by atoms with Gasteiger partial charge in [-0.3, -0.25) is 4.98 Å². The van der Waals surface area contributed by atoms with Crippen molar-refractivity contribution < 1.29 is 0 Å². The van der Waals surface area contributed by atoms with Crippen molar-refractivity contribution >= 4 is 0 Å². The molecule has 0 aliphatic carbocycles. The molecule has 0 aliphatic rings. The van der Waals surface area contributed by atoms with Crippen LogP contribution in [0.3, 0.4) is 0 Å². The molecule has 0 saturated carbocycles. The highest BCUT2D eigenvalue weighted by Gasteiger charge is 2.29. The van der Waals surface area contributed by atoms with Crippen molar-refractivity contribution in [2.75, 3.05) is 0 Å². The van der Waals surface area contributed by atoms with Crippen LogP contribution in [0.25, 0.3) is 0 Å². The summed E-state index contributed by atoms with van der Waals surface area (Å²) in [5.74, 6) is 0. The van der Waals surface area contributed by atoms with Crippen molar-refractivity contribution in [3.63, 3.8) is 0 Å². The van der Waals surface area contributed by atoms with Crippen LogP contribution in [0.15, 0.2) is 0 Å². The van der Waals surface area contributed by atoms with Gasteiger partial charge < -0.3 is 0 Å². The lowest BCUT2D eigenvalue weighted by Crippen LogP contribution is -2.26. The van der Waals surface area contributed by atoms with Crippen LogP contribution in [0.4, 0.5) is 0 Å². The number of rotatable bonds is 0. The highest BCUT2D eigenvalue weighted by Crippen LogP contribution is 2.36. The Labute approximate surface area is 107 Å². The van der Waals surface area contributed by atoms with Gasteiger partial charge in [0, 0.05) is 16.8 Å². The zero-order valence-corrected chi connectivity index (χ0v) is 12.9. The maximum Gasteiger partial charge on any atom is 0.0500 e. The molecule has 96 valence electrons. The molecule has 0 aliphatic heterocycles. The van der Waals surface area contributed by atoms with Crippen molar-refractivity contribution in [2.45, 2.75) is 73.1 Å². The Bertz CT molecular complexity index is 428. The first-order valence-corrected chi connectivity index (χ1v) is 6.45. The Morgan fingerprint density at radius 1 is 0.706 bits per heavy atom. The third-order valence-electron chi connectivity index (χ3n) is 3.46. The summed E-state index contributed by atoms with van der Waals surface area (Å²) >= 11 is 0. The van der Waals surface area contributed by atoms with E-state index in [-0.39, 0.29) is 10.8 Å². The van der Waals surface area contributed by atoms with Crippen molar-refractivity contribution in [3.8, 4) is 0 Å². The summed E-state index contributed by atoms with van der Waals surface area (Å²) in [5.41, 5.74) is 6.85. The second-order valence-electron chi connectivity index (χ2n) is 7.17. The van der Waals surface area contributed by atoms with Gasteiger partial charge in [0.05, 0.1) is 0 Å². The Morgan fingerprint density at radius 2 is 1.18 bits per heavy atom. The third kappa shape index (κ3) is 2.70. The van der Waals surface area contributed by atoms with E-state index in [0.717, 1.165) is 0 Å². The zero-order chi connectivity index (χ0) is 13.6. The first kappa shape index (κ1) is 14.2. The smallest absolute Gasteiger partial charge is 0.0500 e. The summed E-state index contributed by atoms with van der Waals surface area (Å²) in [7, 11) is 0. The predicted octanol–water partition coefficient (Wildman–Crippen LogP) is 4.60. The van der Waals surface area contributed by atoms with Gasteiger partial charge in [-0.15, -0.1) is 0 Å². The molecule has 0 saturated heterocycles. The fourth-order valence-corrected chi connectivity index (χ4v) is 2.40. The molecule has 1 heterocycles. The Morgan fingerprint density at radius 3 is 1.53 bits per heavy atom. The molecule has 0 spiro atoms. The lowest BCUT2D eigenvalue weighted by Gasteiger charge is -2.32. The summed E-state index contributed by atoms with van der Waals surface area (Å²) in [6.07, 6.45) is 0. The molecule has 0 atom stereocenters. The van der Waals surface area contributed by atoms with Crippen LogP contribution < -0.4 is 0 Å². The summed E-state index contributed by atoms with van der Waals surface area (Å²) in [4.78, 5) is 4.87. The average Bonchev–Trinajstić information content (AvgIpc) is 2.09. The Kier molecular flexibility index (Phi) is 3.44. The van der Waals surface area contributed by atoms with E-state index in [9.17, 15) is 0 Å². The van der Waals surface area contributed by atoms with Crippen LogP contribution in [-0.4, -0.2) is 4.98 Å². The number of pyridine rings is 1. The standard InChI is InChI=1S/C16H27N/c1-10-11(2)13(15(4,5)6)14(16(7,8)9)17-12(10)3/h1-9H3. The Balaban J connectivity index is 3.71. The molecule has 0 fully saturated rings. The van der Waals surface area contributed by atoms with Crippen LogP contribution in [0, 0.1) is 20.8 Å². The van der Waals surface area contributed by atoms with Gasteiger partial charge in [-0.05, 0) is 42.9 Å². The lowest BCUT2D eigenvalue weighted by atomic mass is 9.75. The number of hydrogen-bond donors (Lipinski definition) is 0. The molecule has 0 N–H and O–H groups in total. The van der Waals surface area contributed by atoms with Gasteiger partial charge in [0.15, 0.2) is 0 Å². The summed E-state index contributed by atoms with van der Waals surface area (Å²) < 4.78 is 0. The number of aromatic nitrogens is 1. The Hall–Kier alpha value is -0.850. The molecular formula is C16H27N. The molecule has 0 aromatic carbocycles. The molecule has 1 heteroatoms. The molecule has 0 bridgehead atoms. The molecule has 1 nitrogen and oxygen atoms in total. The van der Waals surface area contributed by atoms with Gasteiger partial charge in [0.1, 0.15) is 0 Å². The third-order valence-corrected chi connectivity index (χ3v) is 3.46. The maximum absolute atomic E-state index is 4.87. The van der Waals surface area contributed by atoms with Gasteiger partial charge in [0.25, 0.3) is 0 Å². The van der Waals surface area contributed by atoms with Crippen LogP contribution in [0.1, 0.15) is 69.6 Å². The quantitative estimate of drug-likeness (QED) is 0.638. The van der Waals surface area contributed by atoms with Gasteiger partial charge in [-0.1, -0.05) is 41.5 Å². The fourth-order valence-electron chi connectivity index (χ4n) is 2.40. The van der Waals surface area contributed by atoms with E-state index in [1.165, 1.54) is 28.1 Å².